The Morgan fingerprint density at radius 3 is 2.72 bits per heavy atom. The number of rotatable bonds is 6. The van der Waals surface area contributed by atoms with Gasteiger partial charge in [-0.2, -0.15) is 5.10 Å². The Morgan fingerprint density at radius 1 is 1.20 bits per heavy atom. The minimum Gasteiger partial charge on any atom is -0.493 e. The van der Waals surface area contributed by atoms with E-state index in [-0.39, 0.29) is 11.6 Å². The molecule has 2 aromatic carbocycles. The van der Waals surface area contributed by atoms with Gasteiger partial charge in [-0.05, 0) is 36.8 Å². The third-order valence-corrected chi connectivity index (χ3v) is 3.76. The predicted molar refractivity (Wildman–Crippen MR) is 92.0 cm³/mol. The summed E-state index contributed by atoms with van der Waals surface area (Å²) in [5.41, 5.74) is 7.36. The SMILES string of the molecule is CCOc1ccc([C@@H](N)c2nc(-c3ccccc3F)n[nH]2)cc1OC. The quantitative estimate of drug-likeness (QED) is 0.719. The molecule has 3 rings (SSSR count). The average molecular weight is 342 g/mol. The van der Waals surface area contributed by atoms with Crippen LogP contribution in [0.1, 0.15) is 24.4 Å². The normalized spacial score (nSPS) is 12.0. The monoisotopic (exact) mass is 342 g/mol. The van der Waals surface area contributed by atoms with Crippen LogP contribution in [0.5, 0.6) is 11.5 Å². The Morgan fingerprint density at radius 2 is 2.00 bits per heavy atom. The molecule has 0 saturated carbocycles. The number of ether oxygens (including phenoxy) is 2. The van der Waals surface area contributed by atoms with Gasteiger partial charge in [0.15, 0.2) is 17.3 Å². The van der Waals surface area contributed by atoms with Crippen molar-refractivity contribution >= 4 is 0 Å². The van der Waals surface area contributed by atoms with Gasteiger partial charge in [-0.1, -0.05) is 18.2 Å². The Kier molecular flexibility index (Phi) is 4.95. The van der Waals surface area contributed by atoms with E-state index in [1.165, 1.54) is 6.07 Å². The molecule has 0 unspecified atom stereocenters. The molecule has 130 valence electrons. The first kappa shape index (κ1) is 16.9. The highest BCUT2D eigenvalue weighted by atomic mass is 19.1. The van der Waals surface area contributed by atoms with Crippen molar-refractivity contribution in [3.05, 3.63) is 59.7 Å². The van der Waals surface area contributed by atoms with Gasteiger partial charge >= 0.3 is 0 Å². The molecule has 0 bridgehead atoms. The van der Waals surface area contributed by atoms with Crippen molar-refractivity contribution in [1.29, 1.82) is 0 Å². The summed E-state index contributed by atoms with van der Waals surface area (Å²) in [6.07, 6.45) is 0. The Bertz CT molecular complexity index is 866. The van der Waals surface area contributed by atoms with Gasteiger partial charge in [-0.25, -0.2) is 9.37 Å². The number of methoxy groups -OCH3 is 1. The summed E-state index contributed by atoms with van der Waals surface area (Å²) in [5, 5.41) is 6.85. The molecule has 0 saturated heterocycles. The Balaban J connectivity index is 1.89. The van der Waals surface area contributed by atoms with E-state index < -0.39 is 6.04 Å². The van der Waals surface area contributed by atoms with Gasteiger partial charge in [-0.3, -0.25) is 5.10 Å². The minimum atomic E-state index is -0.558. The fourth-order valence-electron chi connectivity index (χ4n) is 2.49. The van der Waals surface area contributed by atoms with Crippen LogP contribution in [0.4, 0.5) is 4.39 Å². The van der Waals surface area contributed by atoms with Gasteiger partial charge in [0.25, 0.3) is 0 Å². The fraction of sp³-hybridized carbons (Fsp3) is 0.222. The van der Waals surface area contributed by atoms with Crippen LogP contribution in [0.2, 0.25) is 0 Å². The van der Waals surface area contributed by atoms with Gasteiger partial charge in [0.05, 0.1) is 25.3 Å². The number of aromatic amines is 1. The highest BCUT2D eigenvalue weighted by Crippen LogP contribution is 2.31. The van der Waals surface area contributed by atoms with E-state index in [1.54, 1.807) is 37.4 Å². The molecular formula is C18H19FN4O2. The molecule has 0 aliphatic rings. The largest absolute Gasteiger partial charge is 0.493 e. The summed E-state index contributed by atoms with van der Waals surface area (Å²) in [6, 6.07) is 11.2. The Hall–Kier alpha value is -2.93. The zero-order valence-corrected chi connectivity index (χ0v) is 14.0. The predicted octanol–water partition coefficient (Wildman–Crippen LogP) is 3.07. The lowest BCUT2D eigenvalue weighted by Gasteiger charge is -2.13. The second-order valence-electron chi connectivity index (χ2n) is 5.35. The summed E-state index contributed by atoms with van der Waals surface area (Å²) in [6.45, 7) is 2.44. The van der Waals surface area contributed by atoms with Crippen LogP contribution in [-0.2, 0) is 0 Å². The maximum absolute atomic E-state index is 13.9. The Labute approximate surface area is 144 Å². The van der Waals surface area contributed by atoms with Crippen LogP contribution in [-0.4, -0.2) is 28.9 Å². The number of benzene rings is 2. The van der Waals surface area contributed by atoms with Gasteiger partial charge < -0.3 is 15.2 Å². The summed E-state index contributed by atoms with van der Waals surface area (Å²) >= 11 is 0. The maximum atomic E-state index is 13.9. The van der Waals surface area contributed by atoms with Crippen molar-refractivity contribution in [3.63, 3.8) is 0 Å². The molecule has 0 amide bonds. The third kappa shape index (κ3) is 3.46. The molecule has 1 aromatic heterocycles. The number of H-pyrrole nitrogens is 1. The molecule has 7 heteroatoms. The molecule has 0 radical (unpaired) electrons. The molecule has 0 aliphatic heterocycles. The molecule has 0 aliphatic carbocycles. The van der Waals surface area contributed by atoms with Crippen molar-refractivity contribution in [2.75, 3.05) is 13.7 Å². The first-order valence-electron chi connectivity index (χ1n) is 7.87. The third-order valence-electron chi connectivity index (χ3n) is 3.76. The van der Waals surface area contributed by atoms with Crippen molar-refractivity contribution < 1.29 is 13.9 Å². The van der Waals surface area contributed by atoms with E-state index in [0.29, 0.717) is 29.5 Å². The first-order valence-corrected chi connectivity index (χ1v) is 7.87. The maximum Gasteiger partial charge on any atom is 0.184 e. The van der Waals surface area contributed by atoms with Crippen molar-refractivity contribution in [1.82, 2.24) is 15.2 Å². The number of aromatic nitrogens is 3. The lowest BCUT2D eigenvalue weighted by atomic mass is 10.1. The molecule has 1 heterocycles. The topological polar surface area (TPSA) is 86.0 Å². The van der Waals surface area contributed by atoms with E-state index in [4.69, 9.17) is 15.2 Å². The van der Waals surface area contributed by atoms with Gasteiger partial charge in [0.2, 0.25) is 0 Å². The van der Waals surface area contributed by atoms with E-state index in [0.717, 1.165) is 5.56 Å². The number of nitrogens with one attached hydrogen (secondary N) is 1. The average Bonchev–Trinajstić information content (AvgIpc) is 3.12. The van der Waals surface area contributed by atoms with Crippen LogP contribution in [0.3, 0.4) is 0 Å². The van der Waals surface area contributed by atoms with Crippen molar-refractivity contribution in [2.45, 2.75) is 13.0 Å². The van der Waals surface area contributed by atoms with Crippen LogP contribution >= 0.6 is 0 Å². The van der Waals surface area contributed by atoms with Gasteiger partial charge in [0, 0.05) is 0 Å². The second-order valence-corrected chi connectivity index (χ2v) is 5.35. The van der Waals surface area contributed by atoms with Gasteiger partial charge in [0.1, 0.15) is 11.6 Å². The van der Waals surface area contributed by atoms with E-state index >= 15 is 0 Å². The lowest BCUT2D eigenvalue weighted by molar-refractivity contribution is 0.310. The zero-order valence-electron chi connectivity index (χ0n) is 14.0. The van der Waals surface area contributed by atoms with E-state index in [1.807, 2.05) is 13.0 Å². The molecule has 3 aromatic rings. The first-order chi connectivity index (χ1) is 12.1. The van der Waals surface area contributed by atoms with Gasteiger partial charge in [-0.15, -0.1) is 0 Å². The number of hydrogen-bond acceptors (Lipinski definition) is 5. The summed E-state index contributed by atoms with van der Waals surface area (Å²) in [4.78, 5) is 4.33. The zero-order chi connectivity index (χ0) is 17.8. The molecular weight excluding hydrogens is 323 g/mol. The molecule has 3 N–H and O–H groups in total. The lowest BCUT2D eigenvalue weighted by Crippen LogP contribution is -2.14. The molecule has 25 heavy (non-hydrogen) atoms. The van der Waals surface area contributed by atoms with Crippen LogP contribution in [0, 0.1) is 5.82 Å². The fourth-order valence-corrected chi connectivity index (χ4v) is 2.49. The van der Waals surface area contributed by atoms with Crippen molar-refractivity contribution in [2.24, 2.45) is 5.73 Å². The number of hydrogen-bond donors (Lipinski definition) is 2. The second kappa shape index (κ2) is 7.31. The van der Waals surface area contributed by atoms with Crippen LogP contribution in [0.15, 0.2) is 42.5 Å². The van der Waals surface area contributed by atoms with Crippen LogP contribution in [0.25, 0.3) is 11.4 Å². The molecule has 0 fully saturated rings. The number of halogens is 1. The minimum absolute atomic E-state index is 0.265. The standard InChI is InChI=1S/C18H19FN4O2/c1-3-25-14-9-8-11(10-15(14)24-2)16(20)18-21-17(22-23-18)12-6-4-5-7-13(12)19/h4-10,16H,3,20H2,1-2H3,(H,21,22,23)/t16-/m1/s1. The highest BCUT2D eigenvalue weighted by molar-refractivity contribution is 5.55. The molecule has 1 atom stereocenters. The smallest absolute Gasteiger partial charge is 0.184 e. The highest BCUT2D eigenvalue weighted by Gasteiger charge is 2.18. The molecule has 6 nitrogen and oxygen atoms in total. The number of nitrogens with two attached hydrogens (primary N) is 1. The van der Waals surface area contributed by atoms with E-state index in [2.05, 4.69) is 15.2 Å². The van der Waals surface area contributed by atoms with Crippen LogP contribution < -0.4 is 15.2 Å². The summed E-state index contributed by atoms with van der Waals surface area (Å²) in [5.74, 6) is 1.55. The molecule has 0 spiro atoms. The van der Waals surface area contributed by atoms with Crippen molar-refractivity contribution in [3.8, 4) is 22.9 Å². The number of nitrogens with zero attached hydrogens (tertiary/aromatic N) is 2. The summed E-state index contributed by atoms with van der Waals surface area (Å²) in [7, 11) is 1.57. The van der Waals surface area contributed by atoms with E-state index in [9.17, 15) is 4.39 Å². The summed E-state index contributed by atoms with van der Waals surface area (Å²) < 4.78 is 24.7.